The third-order valence-corrected chi connectivity index (χ3v) is 7.04. The van der Waals surface area contributed by atoms with Crippen LogP contribution in [0.4, 0.5) is 27.5 Å². The number of likely N-dealkylation sites (tertiary alicyclic amines) is 1. The molecule has 0 aliphatic carbocycles. The number of morpholine rings is 1. The van der Waals surface area contributed by atoms with Crippen LogP contribution in [0.2, 0.25) is 0 Å². The van der Waals surface area contributed by atoms with E-state index in [-0.39, 0.29) is 36.7 Å². The van der Waals surface area contributed by atoms with Gasteiger partial charge in [0.25, 0.3) is 5.91 Å². The van der Waals surface area contributed by atoms with Crippen molar-refractivity contribution in [2.45, 2.75) is 25.5 Å². The highest BCUT2D eigenvalue weighted by molar-refractivity contribution is 6.00. The van der Waals surface area contributed by atoms with Crippen molar-refractivity contribution in [1.29, 1.82) is 0 Å². The molecule has 5 rings (SSSR count). The van der Waals surface area contributed by atoms with Gasteiger partial charge in [0.2, 0.25) is 5.91 Å². The molecule has 0 saturated carbocycles. The fourth-order valence-electron chi connectivity index (χ4n) is 4.81. The molecule has 2 N–H and O–H groups in total. The smallest absolute Gasteiger partial charge is 0.338 e. The zero-order chi connectivity index (χ0) is 29.6. The predicted molar refractivity (Wildman–Crippen MR) is 155 cm³/mol. The lowest BCUT2D eigenvalue weighted by molar-refractivity contribution is -0.125. The molecular formula is C30H29N5O7. The average molecular weight is 572 g/mol. The van der Waals surface area contributed by atoms with E-state index < -0.39 is 30.1 Å². The number of esters is 1. The van der Waals surface area contributed by atoms with E-state index in [0.717, 1.165) is 5.56 Å². The first-order chi connectivity index (χ1) is 20.3. The van der Waals surface area contributed by atoms with E-state index in [1.165, 1.54) is 29.2 Å². The van der Waals surface area contributed by atoms with E-state index >= 15 is 0 Å². The van der Waals surface area contributed by atoms with Crippen molar-refractivity contribution in [3.8, 4) is 0 Å². The van der Waals surface area contributed by atoms with Gasteiger partial charge in [-0.25, -0.2) is 9.59 Å². The number of carbonyl (C=O) groups excluding carboxylic acids is 4. The molecule has 0 radical (unpaired) electrons. The van der Waals surface area contributed by atoms with Crippen LogP contribution in [-0.4, -0.2) is 67.2 Å². The molecule has 3 aromatic rings. The Bertz CT molecular complexity index is 1480. The van der Waals surface area contributed by atoms with Crippen molar-refractivity contribution in [3.63, 3.8) is 0 Å². The summed E-state index contributed by atoms with van der Waals surface area (Å²) in [4.78, 5) is 65.3. The van der Waals surface area contributed by atoms with Gasteiger partial charge in [0.1, 0.15) is 24.4 Å². The summed E-state index contributed by atoms with van der Waals surface area (Å²) in [6, 6.07) is 18.2. The van der Waals surface area contributed by atoms with Gasteiger partial charge < -0.3 is 29.9 Å². The van der Waals surface area contributed by atoms with Gasteiger partial charge >= 0.3 is 12.0 Å². The maximum absolute atomic E-state index is 13.4. The molecule has 3 aromatic carbocycles. The highest BCUT2D eigenvalue weighted by Gasteiger charge is 2.41. The van der Waals surface area contributed by atoms with E-state index in [4.69, 9.17) is 9.47 Å². The number of urea groups is 1. The molecule has 2 heterocycles. The Morgan fingerprint density at radius 3 is 2.26 bits per heavy atom. The summed E-state index contributed by atoms with van der Waals surface area (Å²) in [5, 5.41) is 8.45. The number of anilines is 3. The summed E-state index contributed by atoms with van der Waals surface area (Å²) >= 11 is 0. The molecule has 2 fully saturated rings. The van der Waals surface area contributed by atoms with Crippen molar-refractivity contribution in [2.24, 2.45) is 5.18 Å². The zero-order valence-electron chi connectivity index (χ0n) is 22.8. The number of aryl methyl sites for hydroxylation is 1. The van der Waals surface area contributed by atoms with E-state index in [2.05, 4.69) is 15.8 Å². The standard InChI is InChI=1S/C30H29N5O7/c1-19-2-6-22(7-3-19)32-30(39)35-17-25(42-29(38)20-4-8-23(33-40)9-5-20)16-26(35)28(37)31-21-10-12-24(13-11-21)34-14-15-41-18-27(34)36/h2-13,25-26H,14-18H2,1H3,(H,31,37)(H,32,39)/t25-,26+/m0/s1. The number of hydrogen-bond donors (Lipinski definition) is 2. The summed E-state index contributed by atoms with van der Waals surface area (Å²) in [5.41, 5.74) is 3.14. The van der Waals surface area contributed by atoms with Crippen LogP contribution in [0.5, 0.6) is 0 Å². The lowest BCUT2D eigenvalue weighted by atomic mass is 10.1. The number of hydrogen-bond acceptors (Lipinski definition) is 8. The van der Waals surface area contributed by atoms with E-state index in [0.29, 0.717) is 30.2 Å². The first kappa shape index (κ1) is 28.4. The van der Waals surface area contributed by atoms with Crippen LogP contribution in [0.1, 0.15) is 22.3 Å². The molecule has 12 nitrogen and oxygen atoms in total. The summed E-state index contributed by atoms with van der Waals surface area (Å²) in [6.45, 7) is 2.83. The molecule has 4 amide bonds. The molecule has 2 aliphatic rings. The van der Waals surface area contributed by atoms with Crippen molar-refractivity contribution in [1.82, 2.24) is 4.90 Å². The molecule has 216 valence electrons. The van der Waals surface area contributed by atoms with Crippen LogP contribution < -0.4 is 15.5 Å². The number of amides is 4. The second-order valence-corrected chi connectivity index (χ2v) is 10.00. The van der Waals surface area contributed by atoms with E-state index in [1.807, 2.05) is 19.1 Å². The fraction of sp³-hybridized carbons (Fsp3) is 0.267. The topological polar surface area (TPSA) is 147 Å². The zero-order valence-corrected chi connectivity index (χ0v) is 22.8. The third-order valence-electron chi connectivity index (χ3n) is 7.04. The van der Waals surface area contributed by atoms with Crippen molar-refractivity contribution >= 4 is 46.6 Å². The number of carbonyl (C=O) groups is 4. The number of nitrogens with one attached hydrogen (secondary N) is 2. The van der Waals surface area contributed by atoms with Crippen LogP contribution in [0.25, 0.3) is 0 Å². The molecule has 2 aliphatic heterocycles. The van der Waals surface area contributed by atoms with Gasteiger partial charge in [-0.2, -0.15) is 0 Å². The van der Waals surface area contributed by atoms with Crippen molar-refractivity contribution in [3.05, 3.63) is 88.8 Å². The van der Waals surface area contributed by atoms with Crippen LogP contribution in [0.15, 0.2) is 78.0 Å². The molecule has 0 bridgehead atoms. The largest absolute Gasteiger partial charge is 0.457 e. The maximum atomic E-state index is 13.4. The third kappa shape index (κ3) is 6.61. The molecule has 12 heteroatoms. The summed E-state index contributed by atoms with van der Waals surface area (Å²) < 4.78 is 10.8. The number of rotatable bonds is 7. The Hall–Kier alpha value is -5.10. The van der Waals surface area contributed by atoms with Crippen LogP contribution >= 0.6 is 0 Å². The highest BCUT2D eigenvalue weighted by Crippen LogP contribution is 2.26. The van der Waals surface area contributed by atoms with Crippen molar-refractivity contribution in [2.75, 3.05) is 41.8 Å². The second kappa shape index (κ2) is 12.6. The molecule has 42 heavy (non-hydrogen) atoms. The first-order valence-electron chi connectivity index (χ1n) is 13.4. The fourth-order valence-corrected chi connectivity index (χ4v) is 4.81. The van der Waals surface area contributed by atoms with Crippen LogP contribution in [0, 0.1) is 11.8 Å². The molecule has 2 atom stereocenters. The Labute approximate surface area is 241 Å². The molecule has 0 aromatic heterocycles. The summed E-state index contributed by atoms with van der Waals surface area (Å²) in [5.74, 6) is -1.24. The number of nitroso groups, excluding NO2 is 1. The van der Waals surface area contributed by atoms with Crippen LogP contribution in [0.3, 0.4) is 0 Å². The minimum Gasteiger partial charge on any atom is -0.457 e. The molecule has 2 saturated heterocycles. The quantitative estimate of drug-likeness (QED) is 0.319. The van der Waals surface area contributed by atoms with Gasteiger partial charge in [0.05, 0.1) is 18.7 Å². The van der Waals surface area contributed by atoms with Crippen molar-refractivity contribution < 1.29 is 28.7 Å². The van der Waals surface area contributed by atoms with Gasteiger partial charge in [-0.05, 0) is 72.8 Å². The second-order valence-electron chi connectivity index (χ2n) is 10.00. The Morgan fingerprint density at radius 2 is 1.60 bits per heavy atom. The summed E-state index contributed by atoms with van der Waals surface area (Å²) in [7, 11) is 0. The Balaban J connectivity index is 1.29. The van der Waals surface area contributed by atoms with Gasteiger partial charge in [0.15, 0.2) is 0 Å². The van der Waals surface area contributed by atoms with Gasteiger partial charge in [0, 0.05) is 30.0 Å². The number of benzene rings is 3. The minimum atomic E-state index is -0.935. The lowest BCUT2D eigenvalue weighted by Crippen LogP contribution is -2.45. The Morgan fingerprint density at radius 1 is 0.929 bits per heavy atom. The minimum absolute atomic E-state index is 0.00637. The van der Waals surface area contributed by atoms with Gasteiger partial charge in [-0.3, -0.25) is 9.59 Å². The number of ether oxygens (including phenoxy) is 2. The summed E-state index contributed by atoms with van der Waals surface area (Å²) in [6.07, 6.45) is -0.677. The van der Waals surface area contributed by atoms with E-state index in [9.17, 15) is 24.1 Å². The average Bonchev–Trinajstić information content (AvgIpc) is 3.43. The predicted octanol–water partition coefficient (Wildman–Crippen LogP) is 4.23. The van der Waals surface area contributed by atoms with Gasteiger partial charge in [-0.1, -0.05) is 17.7 Å². The molecule has 0 spiro atoms. The Kier molecular flexibility index (Phi) is 8.53. The monoisotopic (exact) mass is 571 g/mol. The molecule has 0 unspecified atom stereocenters. The molecular weight excluding hydrogens is 542 g/mol. The highest BCUT2D eigenvalue weighted by atomic mass is 16.5. The van der Waals surface area contributed by atoms with Crippen LogP contribution in [-0.2, 0) is 19.1 Å². The SMILES string of the molecule is Cc1ccc(NC(=O)N2C[C@@H](OC(=O)c3ccc(N=O)cc3)C[C@@H]2C(=O)Nc2ccc(N3CCOCC3=O)cc2)cc1. The van der Waals surface area contributed by atoms with Gasteiger partial charge in [-0.15, -0.1) is 4.91 Å². The first-order valence-corrected chi connectivity index (χ1v) is 13.4. The number of nitrogens with zero attached hydrogens (tertiary/aromatic N) is 3. The maximum Gasteiger partial charge on any atom is 0.338 e. The normalized spacial score (nSPS) is 18.4. The lowest BCUT2D eigenvalue weighted by Gasteiger charge is -2.27. The van der Waals surface area contributed by atoms with E-state index in [1.54, 1.807) is 41.3 Å².